The predicted molar refractivity (Wildman–Crippen MR) is 95.2 cm³/mol. The summed E-state index contributed by atoms with van der Waals surface area (Å²) in [7, 11) is 0. The lowest BCUT2D eigenvalue weighted by atomic mass is 10.0. The molecule has 0 aliphatic rings. The van der Waals surface area contributed by atoms with Crippen LogP contribution in [0, 0.1) is 6.92 Å². The molecule has 0 aliphatic heterocycles. The number of carbonyl (C=O) groups is 1. The van der Waals surface area contributed by atoms with E-state index >= 15 is 0 Å². The molecule has 2 aromatic carbocycles. The summed E-state index contributed by atoms with van der Waals surface area (Å²) in [6.07, 6.45) is 1.74. The van der Waals surface area contributed by atoms with E-state index in [-0.39, 0.29) is 5.91 Å². The number of hydrogen-bond acceptors (Lipinski definition) is 3. The smallest absolute Gasteiger partial charge is 0.255 e. The van der Waals surface area contributed by atoms with Crippen molar-refractivity contribution >= 4 is 17.3 Å². The molecule has 0 heterocycles. The Hall–Kier alpha value is -2.49. The maximum Gasteiger partial charge on any atom is 0.255 e. The summed E-state index contributed by atoms with van der Waals surface area (Å²) >= 11 is 0. The summed E-state index contributed by atoms with van der Waals surface area (Å²) in [4.78, 5) is 12.5. The van der Waals surface area contributed by atoms with E-state index in [4.69, 9.17) is 10.5 Å². The van der Waals surface area contributed by atoms with Gasteiger partial charge in [-0.1, -0.05) is 19.9 Å². The van der Waals surface area contributed by atoms with Gasteiger partial charge in [-0.2, -0.15) is 0 Å². The lowest BCUT2D eigenvalue weighted by Gasteiger charge is -2.14. The average molecular weight is 312 g/mol. The highest BCUT2D eigenvalue weighted by atomic mass is 16.5. The number of carbonyl (C=O) groups excluding carboxylic acids is 1. The SMILES string of the molecule is CCCOc1cccc(C(=O)Nc2c(C)cc(N)cc2CC)c1. The average Bonchev–Trinajstić information content (AvgIpc) is 2.55. The number of nitrogen functional groups attached to an aromatic ring is 1. The van der Waals surface area contributed by atoms with Gasteiger partial charge < -0.3 is 15.8 Å². The van der Waals surface area contributed by atoms with E-state index in [2.05, 4.69) is 5.32 Å². The van der Waals surface area contributed by atoms with Gasteiger partial charge in [-0.15, -0.1) is 0 Å². The highest BCUT2D eigenvalue weighted by Gasteiger charge is 2.12. The second-order valence-electron chi connectivity index (χ2n) is 5.56. The fourth-order valence-electron chi connectivity index (χ4n) is 2.48. The molecule has 0 unspecified atom stereocenters. The van der Waals surface area contributed by atoms with Crippen LogP contribution in [0.3, 0.4) is 0 Å². The summed E-state index contributed by atoms with van der Waals surface area (Å²) in [5, 5.41) is 3.01. The topological polar surface area (TPSA) is 64.3 Å². The van der Waals surface area contributed by atoms with Crippen LogP contribution < -0.4 is 15.8 Å². The molecular weight excluding hydrogens is 288 g/mol. The third kappa shape index (κ3) is 4.25. The summed E-state index contributed by atoms with van der Waals surface area (Å²) in [5.41, 5.74) is 10.0. The van der Waals surface area contributed by atoms with Crippen LogP contribution in [-0.4, -0.2) is 12.5 Å². The van der Waals surface area contributed by atoms with E-state index in [0.717, 1.165) is 29.7 Å². The summed E-state index contributed by atoms with van der Waals surface area (Å²) in [5.74, 6) is 0.568. The fraction of sp³-hybridized carbons (Fsp3) is 0.316. The van der Waals surface area contributed by atoms with Crippen molar-refractivity contribution in [2.75, 3.05) is 17.7 Å². The Bertz CT molecular complexity index is 696. The van der Waals surface area contributed by atoms with Gasteiger partial charge in [-0.25, -0.2) is 0 Å². The number of ether oxygens (including phenoxy) is 1. The number of amides is 1. The second kappa shape index (κ2) is 7.68. The normalized spacial score (nSPS) is 10.4. The van der Waals surface area contributed by atoms with Crippen LogP contribution in [0.4, 0.5) is 11.4 Å². The first kappa shape index (κ1) is 16.9. The highest BCUT2D eigenvalue weighted by molar-refractivity contribution is 6.05. The highest BCUT2D eigenvalue weighted by Crippen LogP contribution is 2.25. The van der Waals surface area contributed by atoms with Gasteiger partial charge in [0.15, 0.2) is 0 Å². The lowest BCUT2D eigenvalue weighted by Crippen LogP contribution is -2.14. The summed E-state index contributed by atoms with van der Waals surface area (Å²) in [6, 6.07) is 11.0. The molecule has 1 amide bonds. The number of benzene rings is 2. The first-order valence-corrected chi connectivity index (χ1v) is 7.98. The van der Waals surface area contributed by atoms with Gasteiger partial charge in [0, 0.05) is 16.9 Å². The molecule has 4 heteroatoms. The number of aryl methyl sites for hydroxylation is 2. The van der Waals surface area contributed by atoms with Crippen molar-refractivity contribution in [3.05, 3.63) is 53.1 Å². The molecule has 2 aromatic rings. The molecular formula is C19H24N2O2. The first-order chi connectivity index (χ1) is 11.0. The largest absolute Gasteiger partial charge is 0.494 e. The van der Waals surface area contributed by atoms with E-state index in [1.807, 2.05) is 45.0 Å². The molecule has 0 atom stereocenters. The number of anilines is 2. The quantitative estimate of drug-likeness (QED) is 0.786. The van der Waals surface area contributed by atoms with Crippen LogP contribution in [0.2, 0.25) is 0 Å². The van der Waals surface area contributed by atoms with E-state index < -0.39 is 0 Å². The van der Waals surface area contributed by atoms with E-state index in [9.17, 15) is 4.79 Å². The van der Waals surface area contributed by atoms with Crippen molar-refractivity contribution in [1.29, 1.82) is 0 Å². The Morgan fingerprint density at radius 3 is 2.70 bits per heavy atom. The third-order valence-electron chi connectivity index (χ3n) is 3.63. The van der Waals surface area contributed by atoms with Crippen molar-refractivity contribution in [3.63, 3.8) is 0 Å². The minimum absolute atomic E-state index is 0.144. The Balaban J connectivity index is 2.22. The third-order valence-corrected chi connectivity index (χ3v) is 3.63. The van der Waals surface area contributed by atoms with Gasteiger partial charge in [0.2, 0.25) is 0 Å². The van der Waals surface area contributed by atoms with E-state index in [1.54, 1.807) is 12.1 Å². The monoisotopic (exact) mass is 312 g/mol. The Kier molecular flexibility index (Phi) is 5.63. The molecule has 0 saturated carbocycles. The standard InChI is InChI=1S/C19H24N2O2/c1-4-9-23-17-8-6-7-15(12-17)19(22)21-18-13(3)10-16(20)11-14(18)5-2/h6-8,10-12H,4-5,9,20H2,1-3H3,(H,21,22). The van der Waals surface area contributed by atoms with Crippen molar-refractivity contribution in [2.24, 2.45) is 0 Å². The Labute approximate surface area is 137 Å². The van der Waals surface area contributed by atoms with Crippen molar-refractivity contribution < 1.29 is 9.53 Å². The molecule has 0 aliphatic carbocycles. The molecule has 0 bridgehead atoms. The van der Waals surface area contributed by atoms with E-state index in [0.29, 0.717) is 23.6 Å². The fourth-order valence-corrected chi connectivity index (χ4v) is 2.48. The minimum Gasteiger partial charge on any atom is -0.494 e. The van der Waals surface area contributed by atoms with Crippen molar-refractivity contribution in [2.45, 2.75) is 33.6 Å². The van der Waals surface area contributed by atoms with Crippen LogP contribution in [0.15, 0.2) is 36.4 Å². The van der Waals surface area contributed by atoms with Crippen LogP contribution in [0.25, 0.3) is 0 Å². The molecule has 0 aromatic heterocycles. The minimum atomic E-state index is -0.144. The summed E-state index contributed by atoms with van der Waals surface area (Å²) in [6.45, 7) is 6.68. The van der Waals surface area contributed by atoms with Gasteiger partial charge in [0.25, 0.3) is 5.91 Å². The molecule has 23 heavy (non-hydrogen) atoms. The van der Waals surface area contributed by atoms with Gasteiger partial charge in [0.05, 0.1) is 6.61 Å². The zero-order chi connectivity index (χ0) is 16.8. The molecule has 3 N–H and O–H groups in total. The Morgan fingerprint density at radius 1 is 1.22 bits per heavy atom. The van der Waals surface area contributed by atoms with Crippen LogP contribution in [0.5, 0.6) is 5.75 Å². The molecule has 0 radical (unpaired) electrons. The van der Waals surface area contributed by atoms with Gasteiger partial charge in [0.1, 0.15) is 5.75 Å². The second-order valence-corrected chi connectivity index (χ2v) is 5.56. The van der Waals surface area contributed by atoms with E-state index in [1.165, 1.54) is 0 Å². The van der Waals surface area contributed by atoms with Crippen LogP contribution >= 0.6 is 0 Å². The van der Waals surface area contributed by atoms with Gasteiger partial charge in [-0.05, 0) is 61.2 Å². The molecule has 0 spiro atoms. The van der Waals surface area contributed by atoms with Gasteiger partial charge in [-0.3, -0.25) is 4.79 Å². The van der Waals surface area contributed by atoms with Crippen LogP contribution in [-0.2, 0) is 6.42 Å². The number of hydrogen-bond donors (Lipinski definition) is 2. The zero-order valence-corrected chi connectivity index (χ0v) is 14.0. The molecule has 4 nitrogen and oxygen atoms in total. The maximum absolute atomic E-state index is 12.5. The van der Waals surface area contributed by atoms with Crippen molar-refractivity contribution in [3.8, 4) is 5.75 Å². The maximum atomic E-state index is 12.5. The molecule has 2 rings (SSSR count). The molecule has 122 valence electrons. The first-order valence-electron chi connectivity index (χ1n) is 7.98. The number of nitrogens with two attached hydrogens (primary N) is 1. The zero-order valence-electron chi connectivity index (χ0n) is 14.0. The predicted octanol–water partition coefficient (Wildman–Crippen LogP) is 4.18. The molecule has 0 saturated heterocycles. The van der Waals surface area contributed by atoms with Crippen LogP contribution in [0.1, 0.15) is 41.8 Å². The summed E-state index contributed by atoms with van der Waals surface area (Å²) < 4.78 is 5.58. The number of rotatable bonds is 6. The van der Waals surface area contributed by atoms with Crippen molar-refractivity contribution in [1.82, 2.24) is 0 Å². The lowest BCUT2D eigenvalue weighted by molar-refractivity contribution is 0.102. The van der Waals surface area contributed by atoms with Gasteiger partial charge >= 0.3 is 0 Å². The number of nitrogens with one attached hydrogen (secondary N) is 1. The molecule has 0 fully saturated rings. The Morgan fingerprint density at radius 2 is 2.00 bits per heavy atom.